The number of aryl methyl sites for hydroxylation is 1. The molecule has 0 atom stereocenters. The summed E-state index contributed by atoms with van der Waals surface area (Å²) in [6.45, 7) is 4.16. The van der Waals surface area contributed by atoms with Gasteiger partial charge in [-0.2, -0.15) is 12.7 Å². The quantitative estimate of drug-likeness (QED) is 0.807. The van der Waals surface area contributed by atoms with Crippen LogP contribution in [-0.2, 0) is 21.4 Å². The number of rotatable bonds is 2. The van der Waals surface area contributed by atoms with Crippen molar-refractivity contribution in [3.05, 3.63) is 23.3 Å². The third-order valence-electron chi connectivity index (χ3n) is 3.90. The highest BCUT2D eigenvalue weighted by atomic mass is 32.2. The van der Waals surface area contributed by atoms with E-state index in [4.69, 9.17) is 10.5 Å². The standard InChI is InChI=1S/C13H19N3O3S/c1-10-8-11-2-3-16(13(11)9-12(10)14)20(17,18)15-4-6-19-7-5-15/h8-9H,2-7,14H2,1H3. The summed E-state index contributed by atoms with van der Waals surface area (Å²) < 4.78 is 33.6. The fraction of sp³-hybridized carbons (Fsp3) is 0.538. The number of nitrogen functional groups attached to an aromatic ring is 1. The Kier molecular flexibility index (Phi) is 3.35. The van der Waals surface area contributed by atoms with Crippen LogP contribution in [0.4, 0.5) is 11.4 Å². The molecule has 1 fully saturated rings. The summed E-state index contributed by atoms with van der Waals surface area (Å²) in [5, 5.41) is 0. The summed E-state index contributed by atoms with van der Waals surface area (Å²) in [7, 11) is -3.47. The second kappa shape index (κ2) is 4.91. The maximum Gasteiger partial charge on any atom is 0.304 e. The summed E-state index contributed by atoms with van der Waals surface area (Å²) in [6.07, 6.45) is 0.736. The van der Waals surface area contributed by atoms with Crippen LogP contribution in [0, 0.1) is 6.92 Å². The molecule has 0 saturated carbocycles. The van der Waals surface area contributed by atoms with Crippen molar-refractivity contribution in [2.45, 2.75) is 13.3 Å². The van der Waals surface area contributed by atoms with Crippen molar-refractivity contribution in [2.24, 2.45) is 0 Å². The molecule has 0 spiro atoms. The summed E-state index contributed by atoms with van der Waals surface area (Å²) in [6, 6.07) is 3.76. The van der Waals surface area contributed by atoms with E-state index >= 15 is 0 Å². The Hall–Kier alpha value is -1.31. The molecule has 0 aromatic heterocycles. The van der Waals surface area contributed by atoms with Crippen LogP contribution in [0.2, 0.25) is 0 Å². The number of benzene rings is 1. The van der Waals surface area contributed by atoms with Gasteiger partial charge in [-0.25, -0.2) is 0 Å². The van der Waals surface area contributed by atoms with Gasteiger partial charge in [-0.15, -0.1) is 0 Å². The van der Waals surface area contributed by atoms with Crippen molar-refractivity contribution in [1.82, 2.24) is 4.31 Å². The van der Waals surface area contributed by atoms with Gasteiger partial charge in [-0.05, 0) is 30.5 Å². The van der Waals surface area contributed by atoms with Gasteiger partial charge in [0.2, 0.25) is 0 Å². The highest BCUT2D eigenvalue weighted by molar-refractivity contribution is 7.90. The van der Waals surface area contributed by atoms with Crippen LogP contribution in [0.1, 0.15) is 11.1 Å². The first kappa shape index (κ1) is 13.7. The fourth-order valence-corrected chi connectivity index (χ4v) is 4.33. The molecule has 2 aliphatic heterocycles. The topological polar surface area (TPSA) is 75.9 Å². The van der Waals surface area contributed by atoms with E-state index in [9.17, 15) is 8.42 Å². The minimum absolute atomic E-state index is 0.412. The Morgan fingerprint density at radius 2 is 1.90 bits per heavy atom. The lowest BCUT2D eigenvalue weighted by Gasteiger charge is -2.31. The van der Waals surface area contributed by atoms with Gasteiger partial charge in [0.15, 0.2) is 0 Å². The van der Waals surface area contributed by atoms with Crippen molar-refractivity contribution in [3.8, 4) is 0 Å². The molecule has 2 N–H and O–H groups in total. The zero-order chi connectivity index (χ0) is 14.3. The number of ether oxygens (including phenoxy) is 1. The number of morpholine rings is 1. The molecule has 0 radical (unpaired) electrons. The predicted molar refractivity (Wildman–Crippen MR) is 78.0 cm³/mol. The summed E-state index contributed by atoms with van der Waals surface area (Å²) in [4.78, 5) is 0. The van der Waals surface area contributed by atoms with Crippen LogP contribution in [-0.4, -0.2) is 45.6 Å². The maximum absolute atomic E-state index is 12.7. The minimum atomic E-state index is -3.47. The molecule has 6 nitrogen and oxygen atoms in total. The van der Waals surface area contributed by atoms with E-state index in [1.165, 1.54) is 8.61 Å². The van der Waals surface area contributed by atoms with E-state index in [2.05, 4.69) is 0 Å². The van der Waals surface area contributed by atoms with E-state index in [0.717, 1.165) is 23.2 Å². The van der Waals surface area contributed by atoms with Crippen molar-refractivity contribution in [2.75, 3.05) is 42.9 Å². The van der Waals surface area contributed by atoms with Crippen LogP contribution in [0.15, 0.2) is 12.1 Å². The van der Waals surface area contributed by atoms with Gasteiger partial charge < -0.3 is 10.5 Å². The van der Waals surface area contributed by atoms with Crippen molar-refractivity contribution in [1.29, 1.82) is 0 Å². The van der Waals surface area contributed by atoms with E-state index in [1.807, 2.05) is 13.0 Å². The molecule has 3 rings (SSSR count). The molecule has 1 aromatic carbocycles. The molecule has 20 heavy (non-hydrogen) atoms. The van der Waals surface area contributed by atoms with Crippen molar-refractivity contribution >= 4 is 21.6 Å². The van der Waals surface area contributed by atoms with Crippen molar-refractivity contribution in [3.63, 3.8) is 0 Å². The fourth-order valence-electron chi connectivity index (χ4n) is 2.70. The van der Waals surface area contributed by atoms with E-state index in [0.29, 0.717) is 38.5 Å². The third-order valence-corrected chi connectivity index (χ3v) is 5.85. The number of hydrogen-bond donors (Lipinski definition) is 1. The molecule has 1 saturated heterocycles. The Balaban J connectivity index is 1.95. The number of nitrogens with two attached hydrogens (primary N) is 1. The number of hydrogen-bond acceptors (Lipinski definition) is 4. The monoisotopic (exact) mass is 297 g/mol. The molecule has 2 aliphatic rings. The van der Waals surface area contributed by atoms with Gasteiger partial charge in [-0.3, -0.25) is 4.31 Å². The first-order chi connectivity index (χ1) is 9.50. The molecule has 1 aromatic rings. The molecular formula is C13H19N3O3S. The zero-order valence-corrected chi connectivity index (χ0v) is 12.3. The second-order valence-corrected chi connectivity index (χ2v) is 7.03. The predicted octanol–water partition coefficient (Wildman–Crippen LogP) is 0.517. The molecule has 2 heterocycles. The summed E-state index contributed by atoms with van der Waals surface area (Å²) >= 11 is 0. The van der Waals surface area contributed by atoms with Gasteiger partial charge in [0.1, 0.15) is 0 Å². The molecule has 0 unspecified atom stereocenters. The summed E-state index contributed by atoms with van der Waals surface area (Å²) in [5.74, 6) is 0. The van der Waals surface area contributed by atoms with Crippen molar-refractivity contribution < 1.29 is 13.2 Å². The van der Waals surface area contributed by atoms with E-state index in [1.54, 1.807) is 6.07 Å². The van der Waals surface area contributed by atoms with E-state index < -0.39 is 10.2 Å². The number of fused-ring (bicyclic) bond motifs is 1. The smallest absolute Gasteiger partial charge is 0.304 e. The normalized spacial score (nSPS) is 20.1. The lowest BCUT2D eigenvalue weighted by molar-refractivity contribution is 0.0729. The third kappa shape index (κ3) is 2.15. The molecule has 0 amide bonds. The van der Waals surface area contributed by atoms with Crippen LogP contribution in [0.5, 0.6) is 0 Å². The van der Waals surface area contributed by atoms with Crippen LogP contribution in [0.3, 0.4) is 0 Å². The Bertz CT molecular complexity index is 624. The largest absolute Gasteiger partial charge is 0.398 e. The van der Waals surface area contributed by atoms with Crippen LogP contribution < -0.4 is 10.0 Å². The lowest BCUT2D eigenvalue weighted by Crippen LogP contribution is -2.48. The van der Waals surface area contributed by atoms with Gasteiger partial charge in [0.05, 0.1) is 18.9 Å². The van der Waals surface area contributed by atoms with Crippen LogP contribution >= 0.6 is 0 Å². The molecular weight excluding hydrogens is 278 g/mol. The first-order valence-electron chi connectivity index (χ1n) is 6.75. The molecule has 0 bridgehead atoms. The SMILES string of the molecule is Cc1cc2c(cc1N)N(S(=O)(=O)N1CCOCC1)CC2. The van der Waals surface area contributed by atoms with Crippen LogP contribution in [0.25, 0.3) is 0 Å². The Labute approximate surface area is 119 Å². The van der Waals surface area contributed by atoms with Gasteiger partial charge in [-0.1, -0.05) is 6.07 Å². The number of nitrogens with zero attached hydrogens (tertiary/aromatic N) is 2. The zero-order valence-electron chi connectivity index (χ0n) is 11.5. The highest BCUT2D eigenvalue weighted by Gasteiger charge is 2.35. The highest BCUT2D eigenvalue weighted by Crippen LogP contribution is 2.34. The Morgan fingerprint density at radius 1 is 1.20 bits per heavy atom. The van der Waals surface area contributed by atoms with Gasteiger partial charge in [0, 0.05) is 25.3 Å². The average Bonchev–Trinajstić information content (AvgIpc) is 2.84. The maximum atomic E-state index is 12.7. The van der Waals surface area contributed by atoms with Gasteiger partial charge >= 0.3 is 10.2 Å². The molecule has 0 aliphatic carbocycles. The molecule has 110 valence electrons. The molecule has 7 heteroatoms. The Morgan fingerprint density at radius 3 is 2.60 bits per heavy atom. The minimum Gasteiger partial charge on any atom is -0.398 e. The number of anilines is 2. The van der Waals surface area contributed by atoms with E-state index in [-0.39, 0.29) is 0 Å². The summed E-state index contributed by atoms with van der Waals surface area (Å²) in [5.41, 5.74) is 9.32. The average molecular weight is 297 g/mol. The first-order valence-corrected chi connectivity index (χ1v) is 8.14. The second-order valence-electron chi connectivity index (χ2n) is 5.18. The van der Waals surface area contributed by atoms with Gasteiger partial charge in [0.25, 0.3) is 0 Å². The lowest BCUT2D eigenvalue weighted by atomic mass is 10.1.